The van der Waals surface area contributed by atoms with Crippen LogP contribution in [0.25, 0.3) is 0 Å². The number of benzodiazepines with no additional fused rings is 1. The van der Waals surface area contributed by atoms with Crippen molar-refractivity contribution in [1.82, 2.24) is 5.32 Å². The minimum atomic E-state index is -0.932. The average Bonchev–Trinajstić information content (AvgIpc) is 2.93. The number of hydrogen-bond acceptors (Lipinski definition) is 3. The van der Waals surface area contributed by atoms with E-state index in [9.17, 15) is 9.59 Å². The van der Waals surface area contributed by atoms with E-state index in [1.54, 1.807) is 4.90 Å². The Kier molecular flexibility index (Phi) is 7.03. The Labute approximate surface area is 190 Å². The van der Waals surface area contributed by atoms with Gasteiger partial charge in [-0.3, -0.25) is 9.59 Å². The van der Waals surface area contributed by atoms with Crippen molar-refractivity contribution in [3.8, 4) is 0 Å². The molecule has 5 heteroatoms. The third-order valence-electron chi connectivity index (χ3n) is 6.51. The lowest BCUT2D eigenvalue weighted by Crippen LogP contribution is -2.49. The van der Waals surface area contributed by atoms with E-state index in [0.717, 1.165) is 28.9 Å². The zero-order chi connectivity index (χ0) is 22.5. The van der Waals surface area contributed by atoms with Crippen LogP contribution in [0, 0.1) is 5.92 Å². The summed E-state index contributed by atoms with van der Waals surface area (Å²) in [6.45, 7) is 3.98. The van der Waals surface area contributed by atoms with Crippen molar-refractivity contribution in [2.24, 2.45) is 10.9 Å². The van der Waals surface area contributed by atoms with Crippen LogP contribution in [0.2, 0.25) is 0 Å². The first kappa shape index (κ1) is 22.3. The largest absolute Gasteiger partial charge is 0.327 e. The molecule has 1 atom stereocenters. The number of amides is 2. The monoisotopic (exact) mass is 431 g/mol. The first-order valence-electron chi connectivity index (χ1n) is 11.9. The summed E-state index contributed by atoms with van der Waals surface area (Å²) in [5.74, 6) is 0.336. The topological polar surface area (TPSA) is 61.8 Å². The standard InChI is InChI=1S/C27H33N3O2/c1-19(2)30-23-16-10-9-15-22(23)25(21-13-7-4-8-14-21)29-26(27(30)32)28-24(31)18-17-20-11-5-3-6-12-20/h4,7-10,13-16,19-20,26H,3,5-6,11-12,17-18H2,1-2H3,(H,28,31). The third kappa shape index (κ3) is 4.93. The molecule has 1 saturated carbocycles. The van der Waals surface area contributed by atoms with E-state index in [1.165, 1.54) is 32.1 Å². The predicted octanol–water partition coefficient (Wildman–Crippen LogP) is 5.08. The molecule has 0 aromatic heterocycles. The van der Waals surface area contributed by atoms with Gasteiger partial charge in [-0.05, 0) is 32.3 Å². The molecule has 1 unspecified atom stereocenters. The first-order valence-corrected chi connectivity index (χ1v) is 11.9. The summed E-state index contributed by atoms with van der Waals surface area (Å²) >= 11 is 0. The fraction of sp³-hybridized carbons (Fsp3) is 0.444. The maximum absolute atomic E-state index is 13.6. The number of nitrogens with zero attached hydrogens (tertiary/aromatic N) is 2. The van der Waals surface area contributed by atoms with Gasteiger partial charge in [-0.1, -0.05) is 80.6 Å². The third-order valence-corrected chi connectivity index (χ3v) is 6.51. The second-order valence-corrected chi connectivity index (χ2v) is 9.18. The maximum Gasteiger partial charge on any atom is 0.272 e. The zero-order valence-electron chi connectivity index (χ0n) is 19.1. The molecule has 1 fully saturated rings. The van der Waals surface area contributed by atoms with E-state index in [2.05, 4.69) is 5.32 Å². The lowest BCUT2D eigenvalue weighted by atomic mass is 9.86. The number of rotatable bonds is 6. The van der Waals surface area contributed by atoms with Gasteiger partial charge in [0.05, 0.1) is 11.4 Å². The number of nitrogens with one attached hydrogen (secondary N) is 1. The number of aliphatic imine (C=N–C) groups is 1. The zero-order valence-corrected chi connectivity index (χ0v) is 19.1. The Morgan fingerprint density at radius 3 is 2.44 bits per heavy atom. The van der Waals surface area contributed by atoms with Crippen molar-refractivity contribution in [3.63, 3.8) is 0 Å². The molecule has 168 valence electrons. The normalized spacial score (nSPS) is 19.3. The van der Waals surface area contributed by atoms with Gasteiger partial charge in [-0.25, -0.2) is 4.99 Å². The van der Waals surface area contributed by atoms with Gasteiger partial charge in [0.25, 0.3) is 5.91 Å². The fourth-order valence-electron chi connectivity index (χ4n) is 4.88. The van der Waals surface area contributed by atoms with Crippen molar-refractivity contribution in [1.29, 1.82) is 0 Å². The van der Waals surface area contributed by atoms with Crippen LogP contribution in [0.1, 0.15) is 69.9 Å². The molecular weight excluding hydrogens is 398 g/mol. The Bertz CT molecular complexity index is 977. The summed E-state index contributed by atoms with van der Waals surface area (Å²) in [6, 6.07) is 17.7. The second kappa shape index (κ2) is 10.1. The van der Waals surface area contributed by atoms with Crippen LogP contribution in [0.3, 0.4) is 0 Å². The van der Waals surface area contributed by atoms with Gasteiger partial charge in [-0.15, -0.1) is 0 Å². The molecule has 4 rings (SSSR count). The molecule has 0 spiro atoms. The van der Waals surface area contributed by atoms with Crippen LogP contribution in [0.5, 0.6) is 0 Å². The highest BCUT2D eigenvalue weighted by Gasteiger charge is 2.34. The van der Waals surface area contributed by atoms with E-state index in [0.29, 0.717) is 12.3 Å². The van der Waals surface area contributed by atoms with E-state index in [4.69, 9.17) is 4.99 Å². The summed E-state index contributed by atoms with van der Waals surface area (Å²) in [6.07, 6.45) is 6.65. The molecule has 0 radical (unpaired) electrons. The van der Waals surface area contributed by atoms with Crippen molar-refractivity contribution in [3.05, 3.63) is 65.7 Å². The van der Waals surface area contributed by atoms with Crippen molar-refractivity contribution in [2.45, 2.75) is 71.0 Å². The van der Waals surface area contributed by atoms with Gasteiger partial charge >= 0.3 is 0 Å². The summed E-state index contributed by atoms with van der Waals surface area (Å²) in [5, 5.41) is 2.95. The van der Waals surface area contributed by atoms with Crippen LogP contribution in [-0.4, -0.2) is 29.7 Å². The van der Waals surface area contributed by atoms with E-state index < -0.39 is 6.17 Å². The molecular formula is C27H33N3O2. The molecule has 2 aromatic carbocycles. The second-order valence-electron chi connectivity index (χ2n) is 9.18. The number of carbonyl (C=O) groups excluding carboxylic acids is 2. The van der Waals surface area contributed by atoms with Crippen molar-refractivity contribution >= 4 is 23.2 Å². The Hall–Kier alpha value is -2.95. The summed E-state index contributed by atoms with van der Waals surface area (Å²) in [4.78, 5) is 33.0. The van der Waals surface area contributed by atoms with Gasteiger partial charge < -0.3 is 10.2 Å². The van der Waals surface area contributed by atoms with Gasteiger partial charge in [-0.2, -0.15) is 0 Å². The smallest absolute Gasteiger partial charge is 0.272 e. The molecule has 2 aliphatic rings. The number of carbonyl (C=O) groups is 2. The lowest BCUT2D eigenvalue weighted by Gasteiger charge is -2.29. The van der Waals surface area contributed by atoms with E-state index in [-0.39, 0.29) is 17.9 Å². The molecule has 32 heavy (non-hydrogen) atoms. The maximum atomic E-state index is 13.6. The van der Waals surface area contributed by atoms with Crippen LogP contribution in [-0.2, 0) is 9.59 Å². The van der Waals surface area contributed by atoms with Gasteiger partial charge in [0.1, 0.15) is 0 Å². The SMILES string of the molecule is CC(C)N1C(=O)C(NC(=O)CCC2CCCCC2)N=C(c2ccccc2)c2ccccc21. The van der Waals surface area contributed by atoms with Gasteiger partial charge in [0.15, 0.2) is 0 Å². The number of benzene rings is 2. The van der Waals surface area contributed by atoms with Crippen LogP contribution < -0.4 is 10.2 Å². The van der Waals surface area contributed by atoms with Crippen LogP contribution in [0.15, 0.2) is 59.6 Å². The van der Waals surface area contributed by atoms with E-state index in [1.807, 2.05) is 68.4 Å². The number of hydrogen-bond donors (Lipinski definition) is 1. The number of para-hydroxylation sites is 1. The highest BCUT2D eigenvalue weighted by Crippen LogP contribution is 2.30. The fourth-order valence-corrected chi connectivity index (χ4v) is 4.88. The molecule has 0 saturated heterocycles. The van der Waals surface area contributed by atoms with Crippen LogP contribution >= 0.6 is 0 Å². The quantitative estimate of drug-likeness (QED) is 0.693. The lowest BCUT2D eigenvalue weighted by molar-refractivity contribution is -0.127. The van der Waals surface area contributed by atoms with Crippen molar-refractivity contribution in [2.75, 3.05) is 4.90 Å². The number of fused-ring (bicyclic) bond motifs is 1. The predicted molar refractivity (Wildman–Crippen MR) is 129 cm³/mol. The van der Waals surface area contributed by atoms with Crippen molar-refractivity contribution < 1.29 is 9.59 Å². The minimum absolute atomic E-state index is 0.0596. The number of anilines is 1. The molecule has 2 amide bonds. The first-order chi connectivity index (χ1) is 15.5. The van der Waals surface area contributed by atoms with Crippen LogP contribution in [0.4, 0.5) is 5.69 Å². The highest BCUT2D eigenvalue weighted by atomic mass is 16.2. The summed E-state index contributed by atoms with van der Waals surface area (Å²) in [7, 11) is 0. The average molecular weight is 432 g/mol. The Morgan fingerprint density at radius 1 is 1.03 bits per heavy atom. The van der Waals surface area contributed by atoms with E-state index >= 15 is 0 Å². The highest BCUT2D eigenvalue weighted by molar-refractivity contribution is 6.20. The summed E-state index contributed by atoms with van der Waals surface area (Å²) in [5.41, 5.74) is 3.39. The molecule has 1 N–H and O–H groups in total. The Balaban J connectivity index is 1.63. The molecule has 1 aliphatic heterocycles. The van der Waals surface area contributed by atoms with Gasteiger partial charge in [0.2, 0.25) is 12.1 Å². The minimum Gasteiger partial charge on any atom is -0.327 e. The molecule has 5 nitrogen and oxygen atoms in total. The Morgan fingerprint density at radius 2 is 1.72 bits per heavy atom. The molecule has 0 bridgehead atoms. The molecule has 1 aliphatic carbocycles. The molecule has 1 heterocycles. The molecule has 2 aromatic rings. The summed E-state index contributed by atoms with van der Waals surface area (Å²) < 4.78 is 0. The van der Waals surface area contributed by atoms with Gasteiger partial charge in [0, 0.05) is 23.6 Å².